The third kappa shape index (κ3) is 2.89. The lowest BCUT2D eigenvalue weighted by Gasteiger charge is -2.59. The van der Waals surface area contributed by atoms with E-state index in [1.54, 1.807) is 6.20 Å². The molecule has 1 aromatic rings. The number of anilines is 2. The van der Waals surface area contributed by atoms with E-state index in [1.165, 1.54) is 6.42 Å². The number of aromatic nitrogens is 1. The number of nitrogens with one attached hydrogen (secondary N) is 1. The van der Waals surface area contributed by atoms with Crippen LogP contribution in [0.3, 0.4) is 0 Å². The Morgan fingerprint density at radius 3 is 2.54 bits per heavy atom. The summed E-state index contributed by atoms with van der Waals surface area (Å²) < 4.78 is 5.39. The Hall–Kier alpha value is -1.33. The second-order valence-corrected chi connectivity index (χ2v) is 9.65. The molecule has 4 saturated carbocycles. The highest BCUT2D eigenvalue weighted by Crippen LogP contribution is 2.64. The maximum atomic E-state index is 13.2. The van der Waals surface area contributed by atoms with E-state index in [-0.39, 0.29) is 16.2 Å². The van der Waals surface area contributed by atoms with Crippen LogP contribution in [0, 0.1) is 17.3 Å². The first-order chi connectivity index (χ1) is 12.5. The van der Waals surface area contributed by atoms with Crippen molar-refractivity contribution in [1.29, 1.82) is 0 Å². The summed E-state index contributed by atoms with van der Waals surface area (Å²) in [5.74, 6) is 2.35. The lowest BCUT2D eigenvalue weighted by Crippen LogP contribution is -2.57. The standard InChI is InChI=1S/C20H26ClN3O2/c21-20-10-14-7-15(11-20)9-19(8-14,13-20)18(25)23-16-1-2-17(22-12-16)24-3-5-26-6-4-24/h1-2,12,14-15H,3-11,13H2,(H,23,25). The zero-order valence-electron chi connectivity index (χ0n) is 15.0. The quantitative estimate of drug-likeness (QED) is 0.822. The molecule has 0 spiro atoms. The van der Waals surface area contributed by atoms with Crippen molar-refractivity contribution in [2.45, 2.75) is 43.4 Å². The molecule has 1 saturated heterocycles. The average Bonchev–Trinajstić information content (AvgIpc) is 2.61. The molecule has 2 unspecified atom stereocenters. The molecule has 26 heavy (non-hydrogen) atoms. The van der Waals surface area contributed by atoms with Crippen molar-refractivity contribution in [2.75, 3.05) is 36.5 Å². The van der Waals surface area contributed by atoms with Gasteiger partial charge in [-0.15, -0.1) is 11.6 Å². The lowest BCUT2D eigenvalue weighted by molar-refractivity contribution is -0.138. The molecule has 5 fully saturated rings. The smallest absolute Gasteiger partial charge is 0.230 e. The molecule has 6 rings (SSSR count). The fraction of sp³-hybridized carbons (Fsp3) is 0.700. The summed E-state index contributed by atoms with van der Waals surface area (Å²) in [6, 6.07) is 3.95. The fourth-order valence-electron chi connectivity index (χ4n) is 6.12. The minimum Gasteiger partial charge on any atom is -0.378 e. The van der Waals surface area contributed by atoms with Gasteiger partial charge in [0.2, 0.25) is 5.91 Å². The van der Waals surface area contributed by atoms with E-state index in [9.17, 15) is 4.79 Å². The number of alkyl halides is 1. The van der Waals surface area contributed by atoms with E-state index in [4.69, 9.17) is 16.3 Å². The van der Waals surface area contributed by atoms with Crippen LogP contribution in [0.15, 0.2) is 18.3 Å². The molecule has 0 aromatic carbocycles. The largest absolute Gasteiger partial charge is 0.378 e. The van der Waals surface area contributed by atoms with Gasteiger partial charge < -0.3 is 15.0 Å². The zero-order chi connectivity index (χ0) is 17.8. The molecule has 4 aliphatic carbocycles. The highest BCUT2D eigenvalue weighted by Gasteiger charge is 2.60. The number of carbonyl (C=O) groups excluding carboxylic acids is 1. The second kappa shape index (κ2) is 6.10. The monoisotopic (exact) mass is 375 g/mol. The molecule has 1 aliphatic heterocycles. The van der Waals surface area contributed by atoms with Crippen LogP contribution in [0.1, 0.15) is 38.5 Å². The molecule has 1 N–H and O–H groups in total. The lowest BCUT2D eigenvalue weighted by atomic mass is 9.49. The summed E-state index contributed by atoms with van der Waals surface area (Å²) in [6.07, 6.45) is 8.07. The molecule has 2 atom stereocenters. The molecule has 6 heteroatoms. The van der Waals surface area contributed by atoms with E-state index < -0.39 is 0 Å². The van der Waals surface area contributed by atoms with E-state index in [2.05, 4.69) is 15.2 Å². The van der Waals surface area contributed by atoms with Gasteiger partial charge in [-0.05, 0) is 62.5 Å². The van der Waals surface area contributed by atoms with Gasteiger partial charge in [0.1, 0.15) is 5.82 Å². The van der Waals surface area contributed by atoms with E-state index in [0.29, 0.717) is 11.8 Å². The normalized spacial score (nSPS) is 38.4. The first-order valence-electron chi connectivity index (χ1n) is 9.83. The van der Waals surface area contributed by atoms with Gasteiger partial charge >= 0.3 is 0 Å². The Labute approximate surface area is 159 Å². The average molecular weight is 376 g/mol. The number of ether oxygens (including phenoxy) is 1. The van der Waals surface area contributed by atoms with Crippen molar-refractivity contribution in [3.63, 3.8) is 0 Å². The van der Waals surface area contributed by atoms with Crippen molar-refractivity contribution >= 4 is 29.0 Å². The Bertz CT molecular complexity index is 688. The number of pyridine rings is 1. The van der Waals surface area contributed by atoms with Crippen molar-refractivity contribution in [2.24, 2.45) is 17.3 Å². The number of morpholine rings is 1. The van der Waals surface area contributed by atoms with Crippen LogP contribution in [0.2, 0.25) is 0 Å². The summed E-state index contributed by atoms with van der Waals surface area (Å²) in [4.78, 5) is 19.8. The summed E-state index contributed by atoms with van der Waals surface area (Å²) in [6.45, 7) is 3.21. The molecule has 1 aromatic heterocycles. The van der Waals surface area contributed by atoms with Crippen molar-refractivity contribution < 1.29 is 9.53 Å². The van der Waals surface area contributed by atoms with Crippen LogP contribution >= 0.6 is 11.6 Å². The second-order valence-electron chi connectivity index (χ2n) is 8.85. The molecular weight excluding hydrogens is 350 g/mol. The van der Waals surface area contributed by atoms with Crippen LogP contribution in [0.5, 0.6) is 0 Å². The van der Waals surface area contributed by atoms with Gasteiger partial charge in [0.25, 0.3) is 0 Å². The van der Waals surface area contributed by atoms with Gasteiger partial charge in [-0.2, -0.15) is 0 Å². The Balaban J connectivity index is 1.30. The Morgan fingerprint density at radius 2 is 1.92 bits per heavy atom. The zero-order valence-corrected chi connectivity index (χ0v) is 15.8. The third-order valence-electron chi connectivity index (χ3n) is 6.81. The molecule has 2 heterocycles. The maximum absolute atomic E-state index is 13.2. The predicted octanol–water partition coefficient (Wildman–Crippen LogP) is 3.43. The van der Waals surface area contributed by atoms with Gasteiger partial charge in [0.05, 0.1) is 30.5 Å². The molecule has 5 nitrogen and oxygen atoms in total. The van der Waals surface area contributed by atoms with E-state index in [0.717, 1.165) is 69.9 Å². The fourth-order valence-corrected chi connectivity index (χ4v) is 6.81. The van der Waals surface area contributed by atoms with Crippen molar-refractivity contribution in [3.05, 3.63) is 18.3 Å². The van der Waals surface area contributed by atoms with Crippen LogP contribution in [0.4, 0.5) is 11.5 Å². The third-order valence-corrected chi connectivity index (χ3v) is 7.25. The number of carbonyl (C=O) groups is 1. The number of amides is 1. The van der Waals surface area contributed by atoms with Gasteiger partial charge in [-0.3, -0.25) is 4.79 Å². The number of rotatable bonds is 3. The SMILES string of the molecule is O=C(Nc1ccc(N2CCOCC2)nc1)C12CC3CC(CC(Cl)(C3)C1)C2. The number of hydrogen-bond donors (Lipinski definition) is 1. The number of hydrogen-bond acceptors (Lipinski definition) is 4. The predicted molar refractivity (Wildman–Crippen MR) is 102 cm³/mol. The summed E-state index contributed by atoms with van der Waals surface area (Å²) >= 11 is 6.87. The minimum absolute atomic E-state index is 0.139. The minimum atomic E-state index is -0.269. The van der Waals surface area contributed by atoms with Gasteiger partial charge in [-0.25, -0.2) is 4.98 Å². The molecular formula is C20H26ClN3O2. The van der Waals surface area contributed by atoms with Crippen molar-refractivity contribution in [1.82, 2.24) is 4.98 Å². The summed E-state index contributed by atoms with van der Waals surface area (Å²) in [7, 11) is 0. The van der Waals surface area contributed by atoms with Crippen LogP contribution in [-0.2, 0) is 9.53 Å². The van der Waals surface area contributed by atoms with Crippen LogP contribution in [-0.4, -0.2) is 42.1 Å². The first kappa shape index (κ1) is 16.8. The van der Waals surface area contributed by atoms with Crippen molar-refractivity contribution in [3.8, 4) is 0 Å². The van der Waals surface area contributed by atoms with Crippen LogP contribution in [0.25, 0.3) is 0 Å². The van der Waals surface area contributed by atoms with Gasteiger partial charge in [0, 0.05) is 18.0 Å². The van der Waals surface area contributed by atoms with E-state index >= 15 is 0 Å². The summed E-state index contributed by atoms with van der Waals surface area (Å²) in [5.41, 5.74) is 0.515. The highest BCUT2D eigenvalue weighted by molar-refractivity contribution is 6.24. The first-order valence-corrected chi connectivity index (χ1v) is 10.2. The molecule has 140 valence electrons. The van der Waals surface area contributed by atoms with Crippen LogP contribution < -0.4 is 10.2 Å². The number of halogens is 1. The number of nitrogens with zero attached hydrogens (tertiary/aromatic N) is 2. The Morgan fingerprint density at radius 1 is 1.19 bits per heavy atom. The molecule has 1 amide bonds. The van der Waals surface area contributed by atoms with E-state index in [1.807, 2.05) is 12.1 Å². The maximum Gasteiger partial charge on any atom is 0.230 e. The molecule has 4 bridgehead atoms. The summed E-state index contributed by atoms with van der Waals surface area (Å²) in [5, 5.41) is 3.14. The highest BCUT2D eigenvalue weighted by atomic mass is 35.5. The van der Waals surface area contributed by atoms with Gasteiger partial charge in [-0.1, -0.05) is 0 Å². The van der Waals surface area contributed by atoms with Gasteiger partial charge in [0.15, 0.2) is 0 Å². The Kier molecular flexibility index (Phi) is 3.94. The topological polar surface area (TPSA) is 54.5 Å². The molecule has 5 aliphatic rings. The molecule has 0 radical (unpaired) electrons.